The van der Waals surface area contributed by atoms with Gasteiger partial charge in [0.1, 0.15) is 11.4 Å². The fourth-order valence-electron chi connectivity index (χ4n) is 1.77. The number of rotatable bonds is 1. The molecule has 5 heteroatoms. The van der Waals surface area contributed by atoms with E-state index in [0.717, 1.165) is 4.68 Å². The summed E-state index contributed by atoms with van der Waals surface area (Å²) in [6, 6.07) is 7.97. The molecule has 1 heterocycles. The van der Waals surface area contributed by atoms with Crippen LogP contribution in [0.4, 0.5) is 9.18 Å². The first-order chi connectivity index (χ1) is 9.28. The van der Waals surface area contributed by atoms with Gasteiger partial charge in [0, 0.05) is 11.3 Å². The van der Waals surface area contributed by atoms with E-state index in [9.17, 15) is 9.18 Å². The second-order valence-electron chi connectivity index (χ2n) is 5.54. The third-order valence-electron chi connectivity index (χ3n) is 2.60. The van der Waals surface area contributed by atoms with Crippen molar-refractivity contribution in [1.82, 2.24) is 9.78 Å². The molecule has 0 atom stereocenters. The molecule has 0 fully saturated rings. The molecule has 0 aliphatic rings. The van der Waals surface area contributed by atoms with Gasteiger partial charge in [0.2, 0.25) is 0 Å². The van der Waals surface area contributed by atoms with E-state index in [0.29, 0.717) is 17.0 Å². The highest BCUT2D eigenvalue weighted by Crippen LogP contribution is 2.22. The Morgan fingerprint density at radius 1 is 1.30 bits per heavy atom. The van der Waals surface area contributed by atoms with Crippen molar-refractivity contribution in [2.24, 2.45) is 0 Å². The van der Waals surface area contributed by atoms with Crippen molar-refractivity contribution in [2.45, 2.75) is 33.3 Å². The zero-order valence-corrected chi connectivity index (χ0v) is 12.0. The second kappa shape index (κ2) is 5.07. The molecule has 0 aliphatic heterocycles. The average Bonchev–Trinajstić information content (AvgIpc) is 2.69. The van der Waals surface area contributed by atoms with E-state index < -0.39 is 11.7 Å². The van der Waals surface area contributed by atoms with Crippen molar-refractivity contribution in [3.05, 3.63) is 41.8 Å². The van der Waals surface area contributed by atoms with Crippen molar-refractivity contribution < 1.29 is 13.9 Å². The van der Waals surface area contributed by atoms with Gasteiger partial charge in [-0.2, -0.15) is 9.78 Å². The minimum atomic E-state index is -0.604. The van der Waals surface area contributed by atoms with E-state index in [4.69, 9.17) is 4.74 Å². The molecule has 2 aromatic rings. The number of carbonyl (C=O) groups excluding carboxylic acids is 1. The Hall–Kier alpha value is -2.17. The molecule has 1 aromatic heterocycles. The van der Waals surface area contributed by atoms with Crippen LogP contribution in [-0.4, -0.2) is 21.5 Å². The van der Waals surface area contributed by atoms with E-state index in [1.54, 1.807) is 52.0 Å². The Balaban J connectivity index is 2.36. The van der Waals surface area contributed by atoms with Crippen LogP contribution < -0.4 is 0 Å². The Bertz CT molecular complexity index is 642. The lowest BCUT2D eigenvalue weighted by atomic mass is 10.1. The maximum atomic E-state index is 13.7. The highest BCUT2D eigenvalue weighted by atomic mass is 19.1. The first-order valence-electron chi connectivity index (χ1n) is 6.33. The van der Waals surface area contributed by atoms with Gasteiger partial charge >= 0.3 is 6.09 Å². The largest absolute Gasteiger partial charge is 0.442 e. The second-order valence-corrected chi connectivity index (χ2v) is 5.54. The molecule has 0 radical (unpaired) electrons. The number of benzene rings is 1. The smallest absolute Gasteiger partial charge is 0.435 e. The van der Waals surface area contributed by atoms with Gasteiger partial charge in [0.05, 0.1) is 5.69 Å². The molecule has 20 heavy (non-hydrogen) atoms. The number of carbonyl (C=O) groups is 1. The SMILES string of the molecule is Cc1cc(-c2ccccc2F)nn1C(=O)OC(C)(C)C. The summed E-state index contributed by atoms with van der Waals surface area (Å²) in [7, 11) is 0. The lowest BCUT2D eigenvalue weighted by Gasteiger charge is -2.19. The predicted octanol–water partition coefficient (Wildman–Crippen LogP) is 3.78. The monoisotopic (exact) mass is 276 g/mol. The molecular formula is C15H17FN2O2. The summed E-state index contributed by atoms with van der Waals surface area (Å²) in [5, 5.41) is 4.13. The number of ether oxygens (including phenoxy) is 1. The van der Waals surface area contributed by atoms with E-state index in [1.165, 1.54) is 6.07 Å². The number of halogens is 1. The van der Waals surface area contributed by atoms with Crippen LogP contribution in [0.15, 0.2) is 30.3 Å². The van der Waals surface area contributed by atoms with E-state index >= 15 is 0 Å². The topological polar surface area (TPSA) is 44.1 Å². The maximum absolute atomic E-state index is 13.7. The summed E-state index contributed by atoms with van der Waals surface area (Å²) in [4.78, 5) is 12.0. The Morgan fingerprint density at radius 2 is 1.95 bits per heavy atom. The molecular weight excluding hydrogens is 259 g/mol. The van der Waals surface area contributed by atoms with E-state index in [-0.39, 0.29) is 5.82 Å². The zero-order valence-electron chi connectivity index (χ0n) is 12.0. The fourth-order valence-corrected chi connectivity index (χ4v) is 1.77. The van der Waals surface area contributed by atoms with Gasteiger partial charge in [-0.15, -0.1) is 0 Å². The van der Waals surface area contributed by atoms with Crippen molar-refractivity contribution in [1.29, 1.82) is 0 Å². The molecule has 106 valence electrons. The Labute approximate surface area is 117 Å². The van der Waals surface area contributed by atoms with Crippen molar-refractivity contribution in [3.8, 4) is 11.3 Å². The normalized spacial score (nSPS) is 11.4. The Morgan fingerprint density at radius 3 is 2.55 bits per heavy atom. The van der Waals surface area contributed by atoms with E-state index in [1.807, 2.05) is 0 Å². The van der Waals surface area contributed by atoms with Crippen LogP contribution >= 0.6 is 0 Å². The molecule has 0 unspecified atom stereocenters. The van der Waals surface area contributed by atoms with Gasteiger partial charge in [0.15, 0.2) is 0 Å². The quantitative estimate of drug-likeness (QED) is 0.796. The molecule has 0 aliphatic carbocycles. The number of hydrogen-bond donors (Lipinski definition) is 0. The summed E-state index contributed by atoms with van der Waals surface area (Å²) >= 11 is 0. The van der Waals surface area contributed by atoms with Crippen molar-refractivity contribution in [2.75, 3.05) is 0 Å². The van der Waals surface area contributed by atoms with Crippen molar-refractivity contribution >= 4 is 6.09 Å². The molecule has 0 N–H and O–H groups in total. The van der Waals surface area contributed by atoms with Gasteiger partial charge in [-0.05, 0) is 45.9 Å². The maximum Gasteiger partial charge on any atom is 0.435 e. The van der Waals surface area contributed by atoms with Gasteiger partial charge in [0.25, 0.3) is 0 Å². The summed E-state index contributed by atoms with van der Waals surface area (Å²) in [6.45, 7) is 7.06. The number of nitrogens with zero attached hydrogens (tertiary/aromatic N) is 2. The molecule has 1 aromatic carbocycles. The summed E-state index contributed by atoms with van der Waals surface area (Å²) < 4.78 is 20.1. The first-order valence-corrected chi connectivity index (χ1v) is 6.33. The van der Waals surface area contributed by atoms with Crippen LogP contribution in [0.3, 0.4) is 0 Å². The molecule has 0 amide bonds. The molecule has 0 spiro atoms. The van der Waals surface area contributed by atoms with Gasteiger partial charge in [-0.25, -0.2) is 9.18 Å². The number of hydrogen-bond acceptors (Lipinski definition) is 3. The number of aromatic nitrogens is 2. The highest BCUT2D eigenvalue weighted by molar-refractivity contribution is 5.73. The van der Waals surface area contributed by atoms with Crippen LogP contribution in [0.1, 0.15) is 26.5 Å². The standard InChI is InChI=1S/C15H17FN2O2/c1-10-9-13(11-7-5-6-8-12(11)16)17-18(10)14(19)20-15(2,3)4/h5-9H,1-4H3. The van der Waals surface area contributed by atoms with Crippen LogP contribution in [0.5, 0.6) is 0 Å². The lowest BCUT2D eigenvalue weighted by molar-refractivity contribution is 0.0511. The van der Waals surface area contributed by atoms with Crippen LogP contribution in [0.2, 0.25) is 0 Å². The van der Waals surface area contributed by atoms with Gasteiger partial charge in [-0.3, -0.25) is 0 Å². The van der Waals surface area contributed by atoms with E-state index in [2.05, 4.69) is 5.10 Å². The van der Waals surface area contributed by atoms with Gasteiger partial charge in [-0.1, -0.05) is 12.1 Å². The zero-order chi connectivity index (χ0) is 14.9. The minimum absolute atomic E-state index is 0.359. The Kier molecular flexibility index (Phi) is 3.61. The molecule has 2 rings (SSSR count). The molecule has 0 saturated heterocycles. The van der Waals surface area contributed by atoms with Crippen LogP contribution in [0, 0.1) is 12.7 Å². The average molecular weight is 276 g/mol. The minimum Gasteiger partial charge on any atom is -0.442 e. The molecule has 0 saturated carbocycles. The van der Waals surface area contributed by atoms with Gasteiger partial charge < -0.3 is 4.74 Å². The predicted molar refractivity (Wildman–Crippen MR) is 74.0 cm³/mol. The third-order valence-corrected chi connectivity index (χ3v) is 2.60. The molecule has 4 nitrogen and oxygen atoms in total. The number of aryl methyl sites for hydroxylation is 1. The highest BCUT2D eigenvalue weighted by Gasteiger charge is 2.21. The van der Waals surface area contributed by atoms with Crippen LogP contribution in [0.25, 0.3) is 11.3 Å². The first kappa shape index (κ1) is 14.2. The van der Waals surface area contributed by atoms with Crippen LogP contribution in [-0.2, 0) is 4.74 Å². The summed E-state index contributed by atoms with van der Waals surface area (Å²) in [6.07, 6.45) is -0.572. The third kappa shape index (κ3) is 3.04. The lowest BCUT2D eigenvalue weighted by Crippen LogP contribution is -2.28. The summed E-state index contributed by atoms with van der Waals surface area (Å²) in [5.74, 6) is -0.374. The van der Waals surface area contributed by atoms with Crippen molar-refractivity contribution in [3.63, 3.8) is 0 Å². The summed E-state index contributed by atoms with van der Waals surface area (Å²) in [5.41, 5.74) is 0.759. The fraction of sp³-hybridized carbons (Fsp3) is 0.333. The molecule has 0 bridgehead atoms.